The first-order valence-electron chi connectivity index (χ1n) is 3.80. The lowest BCUT2D eigenvalue weighted by atomic mass is 10.2. The van der Waals surface area contributed by atoms with Crippen LogP contribution in [0.5, 0.6) is 0 Å². The first kappa shape index (κ1) is 10.6. The van der Waals surface area contributed by atoms with Gasteiger partial charge in [-0.2, -0.15) is 23.1 Å². The van der Waals surface area contributed by atoms with Crippen molar-refractivity contribution in [2.45, 2.75) is 13.0 Å². The molecule has 0 aliphatic rings. The Kier molecular flexibility index (Phi) is 4.64. The van der Waals surface area contributed by atoms with Crippen LogP contribution in [-0.4, -0.2) is 11.5 Å². The molecule has 0 saturated heterocycles. The summed E-state index contributed by atoms with van der Waals surface area (Å²) in [5.41, 5.74) is 7.22. The van der Waals surface area contributed by atoms with E-state index in [-0.39, 0.29) is 6.04 Å². The van der Waals surface area contributed by atoms with E-state index in [1.54, 1.807) is 11.3 Å². The van der Waals surface area contributed by atoms with Gasteiger partial charge in [-0.15, -0.1) is 0 Å². The maximum Gasteiger partial charge on any atom is 0.0406 e. The number of halogens is 1. The van der Waals surface area contributed by atoms with Gasteiger partial charge in [-0.25, -0.2) is 0 Å². The Labute approximate surface area is 89.9 Å². The topological polar surface area (TPSA) is 26.0 Å². The van der Waals surface area contributed by atoms with E-state index >= 15 is 0 Å². The lowest BCUT2D eigenvalue weighted by Crippen LogP contribution is -2.12. The minimum absolute atomic E-state index is 0.176. The molecule has 2 N–H and O–H groups in total. The maximum atomic E-state index is 5.98. The predicted molar refractivity (Wildman–Crippen MR) is 61.9 cm³/mol. The standard InChI is InChI=1S/C8H12BrNS2/c1-2-11-5-8(10)6-3-12-4-7(6)9/h3-4,8H,2,5,10H2,1H3. The predicted octanol–water partition coefficient (Wildman–Crippen LogP) is 3.26. The highest BCUT2D eigenvalue weighted by Crippen LogP contribution is 2.27. The summed E-state index contributed by atoms with van der Waals surface area (Å²) in [4.78, 5) is 0. The van der Waals surface area contributed by atoms with Gasteiger partial charge in [-0.3, -0.25) is 0 Å². The summed E-state index contributed by atoms with van der Waals surface area (Å²) in [7, 11) is 0. The fourth-order valence-electron chi connectivity index (χ4n) is 0.891. The second kappa shape index (κ2) is 5.27. The second-order valence-corrected chi connectivity index (χ2v) is 5.36. The zero-order valence-corrected chi connectivity index (χ0v) is 10.1. The number of hydrogen-bond donors (Lipinski definition) is 1. The van der Waals surface area contributed by atoms with Crippen LogP contribution in [0.15, 0.2) is 15.2 Å². The van der Waals surface area contributed by atoms with E-state index in [4.69, 9.17) is 5.73 Å². The van der Waals surface area contributed by atoms with E-state index in [0.717, 1.165) is 16.0 Å². The van der Waals surface area contributed by atoms with Gasteiger partial charge in [-0.1, -0.05) is 6.92 Å². The highest BCUT2D eigenvalue weighted by atomic mass is 79.9. The van der Waals surface area contributed by atoms with Crippen LogP contribution in [-0.2, 0) is 0 Å². The Morgan fingerprint density at radius 2 is 2.42 bits per heavy atom. The van der Waals surface area contributed by atoms with Crippen molar-refractivity contribution in [1.29, 1.82) is 0 Å². The summed E-state index contributed by atoms with van der Waals surface area (Å²) in [6.45, 7) is 2.15. The van der Waals surface area contributed by atoms with Crippen LogP contribution in [0.3, 0.4) is 0 Å². The average Bonchev–Trinajstić information content (AvgIpc) is 2.47. The third-order valence-electron chi connectivity index (χ3n) is 1.54. The smallest absolute Gasteiger partial charge is 0.0406 e. The highest BCUT2D eigenvalue weighted by Gasteiger charge is 2.09. The molecule has 1 aromatic rings. The molecular weight excluding hydrogens is 254 g/mol. The Morgan fingerprint density at radius 3 is 2.92 bits per heavy atom. The molecular formula is C8H12BrNS2. The molecule has 68 valence electrons. The lowest BCUT2D eigenvalue weighted by molar-refractivity contribution is 0.832. The molecule has 0 saturated carbocycles. The number of nitrogens with two attached hydrogens (primary N) is 1. The third-order valence-corrected chi connectivity index (χ3v) is 4.30. The first-order valence-corrected chi connectivity index (χ1v) is 6.69. The zero-order chi connectivity index (χ0) is 8.97. The minimum Gasteiger partial charge on any atom is -0.323 e. The molecule has 1 unspecified atom stereocenters. The number of rotatable bonds is 4. The molecule has 1 rings (SSSR count). The van der Waals surface area contributed by atoms with Crippen LogP contribution in [0.4, 0.5) is 0 Å². The molecule has 0 fully saturated rings. The number of thiophene rings is 1. The van der Waals surface area contributed by atoms with E-state index in [1.165, 1.54) is 5.56 Å². The zero-order valence-electron chi connectivity index (χ0n) is 6.92. The summed E-state index contributed by atoms with van der Waals surface area (Å²) in [5, 5.41) is 4.19. The molecule has 1 nitrogen and oxygen atoms in total. The Balaban J connectivity index is 2.52. The molecule has 1 aromatic heterocycles. The first-order chi connectivity index (χ1) is 5.75. The Hall–Kier alpha value is 0.490. The van der Waals surface area contributed by atoms with Crippen molar-refractivity contribution >= 4 is 39.0 Å². The third kappa shape index (κ3) is 2.76. The molecule has 12 heavy (non-hydrogen) atoms. The van der Waals surface area contributed by atoms with E-state index in [9.17, 15) is 0 Å². The maximum absolute atomic E-state index is 5.98. The minimum atomic E-state index is 0.176. The van der Waals surface area contributed by atoms with Crippen molar-refractivity contribution < 1.29 is 0 Å². The van der Waals surface area contributed by atoms with Crippen molar-refractivity contribution in [3.63, 3.8) is 0 Å². The van der Waals surface area contributed by atoms with Gasteiger partial charge in [-0.05, 0) is 32.6 Å². The number of hydrogen-bond acceptors (Lipinski definition) is 3. The molecule has 1 atom stereocenters. The van der Waals surface area contributed by atoms with Gasteiger partial charge < -0.3 is 5.73 Å². The molecule has 0 aromatic carbocycles. The van der Waals surface area contributed by atoms with Gasteiger partial charge in [0.05, 0.1) is 0 Å². The van der Waals surface area contributed by atoms with Crippen LogP contribution in [0, 0.1) is 0 Å². The van der Waals surface area contributed by atoms with Crippen LogP contribution in [0.1, 0.15) is 18.5 Å². The van der Waals surface area contributed by atoms with Gasteiger partial charge in [0.15, 0.2) is 0 Å². The molecule has 0 aliphatic heterocycles. The molecule has 0 radical (unpaired) electrons. The van der Waals surface area contributed by atoms with Crippen molar-refractivity contribution in [2.24, 2.45) is 5.73 Å². The van der Waals surface area contributed by atoms with Crippen LogP contribution < -0.4 is 5.73 Å². The van der Waals surface area contributed by atoms with Crippen LogP contribution in [0.25, 0.3) is 0 Å². The van der Waals surface area contributed by atoms with Gasteiger partial charge >= 0.3 is 0 Å². The van der Waals surface area contributed by atoms with Crippen molar-refractivity contribution in [1.82, 2.24) is 0 Å². The molecule has 0 bridgehead atoms. The molecule has 4 heteroatoms. The van der Waals surface area contributed by atoms with Gasteiger partial charge in [0, 0.05) is 21.6 Å². The van der Waals surface area contributed by atoms with E-state index in [0.29, 0.717) is 0 Å². The van der Waals surface area contributed by atoms with Gasteiger partial charge in [0.25, 0.3) is 0 Å². The summed E-state index contributed by atoms with van der Waals surface area (Å²) < 4.78 is 1.15. The summed E-state index contributed by atoms with van der Waals surface area (Å²) in [6.07, 6.45) is 0. The number of thioether (sulfide) groups is 1. The van der Waals surface area contributed by atoms with Crippen molar-refractivity contribution in [2.75, 3.05) is 11.5 Å². The highest BCUT2D eigenvalue weighted by molar-refractivity contribution is 9.10. The van der Waals surface area contributed by atoms with E-state index < -0.39 is 0 Å². The summed E-state index contributed by atoms with van der Waals surface area (Å²) in [5.74, 6) is 2.14. The lowest BCUT2D eigenvalue weighted by Gasteiger charge is -2.09. The Bertz CT molecular complexity index is 237. The molecule has 0 amide bonds. The fourth-order valence-corrected chi connectivity index (χ4v) is 3.22. The van der Waals surface area contributed by atoms with Crippen molar-refractivity contribution in [3.05, 3.63) is 20.8 Å². The molecule has 0 spiro atoms. The van der Waals surface area contributed by atoms with Gasteiger partial charge in [0.2, 0.25) is 0 Å². The Morgan fingerprint density at radius 1 is 1.67 bits per heavy atom. The average molecular weight is 266 g/mol. The summed E-state index contributed by atoms with van der Waals surface area (Å²) in [6, 6.07) is 0.176. The fraction of sp³-hybridized carbons (Fsp3) is 0.500. The normalized spacial score (nSPS) is 13.2. The SMILES string of the molecule is CCSCC(N)c1cscc1Br. The van der Waals surface area contributed by atoms with E-state index in [1.807, 2.05) is 11.8 Å². The summed E-state index contributed by atoms with van der Waals surface area (Å²) >= 11 is 7.05. The van der Waals surface area contributed by atoms with Gasteiger partial charge in [0.1, 0.15) is 0 Å². The molecule has 1 heterocycles. The van der Waals surface area contributed by atoms with Crippen LogP contribution >= 0.6 is 39.0 Å². The monoisotopic (exact) mass is 265 g/mol. The largest absolute Gasteiger partial charge is 0.323 e. The quantitative estimate of drug-likeness (QED) is 0.905. The van der Waals surface area contributed by atoms with E-state index in [2.05, 4.69) is 33.6 Å². The second-order valence-electron chi connectivity index (χ2n) is 2.44. The molecule has 0 aliphatic carbocycles. The van der Waals surface area contributed by atoms with Crippen molar-refractivity contribution in [3.8, 4) is 0 Å². The van der Waals surface area contributed by atoms with Crippen LogP contribution in [0.2, 0.25) is 0 Å².